The average Bonchev–Trinajstić information content (AvgIpc) is 3.07. The quantitative estimate of drug-likeness (QED) is 0.741. The highest BCUT2D eigenvalue weighted by Crippen LogP contribution is 2.16. The molecule has 0 saturated carbocycles. The zero-order valence-corrected chi connectivity index (χ0v) is 15.3. The minimum atomic E-state index is -0.141. The van der Waals surface area contributed by atoms with Crippen LogP contribution in [0.25, 0.3) is 5.69 Å². The number of aromatic nitrogens is 2. The molecule has 26 heavy (non-hydrogen) atoms. The molecule has 1 heterocycles. The number of imidazole rings is 1. The van der Waals surface area contributed by atoms with Gasteiger partial charge in [0.25, 0.3) is 5.91 Å². The topological polar surface area (TPSA) is 56.1 Å². The summed E-state index contributed by atoms with van der Waals surface area (Å²) in [6.45, 7) is 6.51. The van der Waals surface area contributed by atoms with E-state index >= 15 is 0 Å². The van der Waals surface area contributed by atoms with Crippen molar-refractivity contribution in [3.8, 4) is 11.4 Å². The van der Waals surface area contributed by atoms with Gasteiger partial charge in [-0.3, -0.25) is 4.79 Å². The molecule has 0 fully saturated rings. The number of nitrogens with one attached hydrogen (secondary N) is 1. The first-order valence-corrected chi connectivity index (χ1v) is 8.59. The van der Waals surface area contributed by atoms with Gasteiger partial charge in [0.1, 0.15) is 11.6 Å². The Balaban J connectivity index is 1.49. The fourth-order valence-corrected chi connectivity index (χ4v) is 2.63. The predicted octanol–water partition coefficient (Wildman–Crippen LogP) is 3.49. The molecule has 1 amide bonds. The number of hydrogen-bond donors (Lipinski definition) is 1. The number of nitrogens with zero attached hydrogens (tertiary/aromatic N) is 2. The molecule has 0 aliphatic heterocycles. The van der Waals surface area contributed by atoms with Crippen molar-refractivity contribution in [2.75, 3.05) is 6.61 Å². The van der Waals surface area contributed by atoms with Gasteiger partial charge in [-0.25, -0.2) is 4.98 Å². The third-order valence-electron chi connectivity index (χ3n) is 4.38. The smallest absolute Gasteiger partial charge is 0.258 e. The highest BCUT2D eigenvalue weighted by atomic mass is 16.5. The Labute approximate surface area is 153 Å². The van der Waals surface area contributed by atoms with E-state index in [1.807, 2.05) is 74.0 Å². The molecular weight excluding hydrogens is 326 g/mol. The number of carbonyl (C=O) groups is 1. The molecule has 0 aliphatic rings. The van der Waals surface area contributed by atoms with Gasteiger partial charge >= 0.3 is 0 Å². The molecule has 3 rings (SSSR count). The van der Waals surface area contributed by atoms with Gasteiger partial charge in [-0.1, -0.05) is 18.2 Å². The fraction of sp³-hybridized carbons (Fsp3) is 0.238. The normalized spacial score (nSPS) is 10.6. The molecule has 5 heteroatoms. The molecule has 0 radical (unpaired) electrons. The number of benzene rings is 2. The van der Waals surface area contributed by atoms with Gasteiger partial charge < -0.3 is 14.6 Å². The lowest BCUT2D eigenvalue weighted by Gasteiger charge is -2.10. The summed E-state index contributed by atoms with van der Waals surface area (Å²) >= 11 is 0. The fourth-order valence-electron chi connectivity index (χ4n) is 2.63. The average molecular weight is 349 g/mol. The van der Waals surface area contributed by atoms with Gasteiger partial charge in [0, 0.05) is 24.6 Å². The number of rotatable bonds is 6. The molecule has 2 aromatic carbocycles. The molecule has 134 valence electrons. The lowest BCUT2D eigenvalue weighted by molar-refractivity contribution is -0.123. The van der Waals surface area contributed by atoms with E-state index in [0.717, 1.165) is 22.6 Å². The monoisotopic (exact) mass is 349 g/mol. The van der Waals surface area contributed by atoms with Crippen molar-refractivity contribution in [3.05, 3.63) is 77.4 Å². The summed E-state index contributed by atoms with van der Waals surface area (Å²) in [6.07, 6.45) is 3.70. The van der Waals surface area contributed by atoms with Crippen LogP contribution in [0.5, 0.6) is 5.75 Å². The third kappa shape index (κ3) is 4.30. The molecular formula is C21H23N3O2. The van der Waals surface area contributed by atoms with E-state index in [4.69, 9.17) is 4.74 Å². The van der Waals surface area contributed by atoms with Crippen molar-refractivity contribution in [2.45, 2.75) is 27.3 Å². The Morgan fingerprint density at radius 3 is 2.50 bits per heavy atom. The van der Waals surface area contributed by atoms with E-state index < -0.39 is 0 Å². The van der Waals surface area contributed by atoms with E-state index in [0.29, 0.717) is 12.3 Å². The van der Waals surface area contributed by atoms with Gasteiger partial charge in [-0.05, 0) is 61.7 Å². The molecule has 1 aromatic heterocycles. The SMILES string of the molecule is Cc1ccc(OCC(=O)NCc2ccc(-n3ccnc3C)cc2)cc1C. The van der Waals surface area contributed by atoms with E-state index in [1.54, 1.807) is 6.20 Å². The molecule has 1 N–H and O–H groups in total. The molecule has 0 bridgehead atoms. The summed E-state index contributed by atoms with van der Waals surface area (Å²) in [4.78, 5) is 16.2. The van der Waals surface area contributed by atoms with Crippen LogP contribution in [-0.2, 0) is 11.3 Å². The second-order valence-electron chi connectivity index (χ2n) is 6.32. The summed E-state index contributed by atoms with van der Waals surface area (Å²) in [5.41, 5.74) is 4.44. The van der Waals surface area contributed by atoms with Gasteiger partial charge in [0.05, 0.1) is 0 Å². The standard InChI is InChI=1S/C21H23N3O2/c1-15-4-9-20(12-16(15)2)26-14-21(25)23-13-18-5-7-19(8-6-18)24-11-10-22-17(24)3/h4-12H,13-14H2,1-3H3,(H,23,25). The van der Waals surface area contributed by atoms with Crippen LogP contribution in [0, 0.1) is 20.8 Å². The molecule has 3 aromatic rings. The second kappa shape index (κ2) is 7.87. The van der Waals surface area contributed by atoms with Crippen LogP contribution in [-0.4, -0.2) is 22.1 Å². The van der Waals surface area contributed by atoms with Crippen LogP contribution in [0.4, 0.5) is 0 Å². The first kappa shape index (κ1) is 17.7. The number of ether oxygens (including phenoxy) is 1. The van der Waals surface area contributed by atoms with Gasteiger partial charge in [0.15, 0.2) is 6.61 Å². The second-order valence-corrected chi connectivity index (χ2v) is 6.32. The zero-order chi connectivity index (χ0) is 18.5. The highest BCUT2D eigenvalue weighted by Gasteiger charge is 2.05. The number of aryl methyl sites for hydroxylation is 3. The van der Waals surface area contributed by atoms with Gasteiger partial charge in [0.2, 0.25) is 0 Å². The Morgan fingerprint density at radius 1 is 1.08 bits per heavy atom. The van der Waals surface area contributed by atoms with E-state index in [1.165, 1.54) is 5.56 Å². The molecule has 5 nitrogen and oxygen atoms in total. The maximum Gasteiger partial charge on any atom is 0.258 e. The van der Waals surface area contributed by atoms with Crippen LogP contribution in [0.15, 0.2) is 54.9 Å². The highest BCUT2D eigenvalue weighted by molar-refractivity contribution is 5.77. The van der Waals surface area contributed by atoms with Crippen molar-refractivity contribution in [2.24, 2.45) is 0 Å². The van der Waals surface area contributed by atoms with Crippen molar-refractivity contribution in [1.82, 2.24) is 14.9 Å². The Hall–Kier alpha value is -3.08. The van der Waals surface area contributed by atoms with Crippen LogP contribution in [0.3, 0.4) is 0 Å². The van der Waals surface area contributed by atoms with Crippen LogP contribution in [0.2, 0.25) is 0 Å². The lowest BCUT2D eigenvalue weighted by atomic mass is 10.1. The minimum absolute atomic E-state index is 0.00875. The van der Waals surface area contributed by atoms with Crippen molar-refractivity contribution in [1.29, 1.82) is 0 Å². The summed E-state index contributed by atoms with van der Waals surface area (Å²) in [5.74, 6) is 1.51. The van der Waals surface area contributed by atoms with Crippen LogP contribution >= 0.6 is 0 Å². The summed E-state index contributed by atoms with van der Waals surface area (Å²) < 4.78 is 7.56. The largest absolute Gasteiger partial charge is 0.484 e. The summed E-state index contributed by atoms with van der Waals surface area (Å²) in [6, 6.07) is 13.8. The Kier molecular flexibility index (Phi) is 5.37. The third-order valence-corrected chi connectivity index (χ3v) is 4.38. The number of hydrogen-bond acceptors (Lipinski definition) is 3. The Morgan fingerprint density at radius 2 is 1.85 bits per heavy atom. The maximum atomic E-state index is 12.0. The summed E-state index contributed by atoms with van der Waals surface area (Å²) in [7, 11) is 0. The Bertz CT molecular complexity index is 898. The van der Waals surface area contributed by atoms with E-state index in [9.17, 15) is 4.79 Å². The molecule has 0 aliphatic carbocycles. The predicted molar refractivity (Wildman–Crippen MR) is 102 cm³/mol. The van der Waals surface area contributed by atoms with Gasteiger partial charge in [-0.2, -0.15) is 0 Å². The molecule has 0 saturated heterocycles. The van der Waals surface area contributed by atoms with Crippen molar-refractivity contribution < 1.29 is 9.53 Å². The van der Waals surface area contributed by atoms with Crippen molar-refractivity contribution in [3.63, 3.8) is 0 Å². The van der Waals surface area contributed by atoms with E-state index in [-0.39, 0.29) is 12.5 Å². The summed E-state index contributed by atoms with van der Waals surface area (Å²) in [5, 5.41) is 2.88. The molecule has 0 atom stereocenters. The molecule has 0 spiro atoms. The van der Waals surface area contributed by atoms with Gasteiger partial charge in [-0.15, -0.1) is 0 Å². The van der Waals surface area contributed by atoms with Crippen LogP contribution < -0.4 is 10.1 Å². The number of amides is 1. The number of carbonyl (C=O) groups excluding carboxylic acids is 1. The lowest BCUT2D eigenvalue weighted by Crippen LogP contribution is -2.28. The van der Waals surface area contributed by atoms with E-state index in [2.05, 4.69) is 10.3 Å². The van der Waals surface area contributed by atoms with Crippen molar-refractivity contribution >= 4 is 5.91 Å². The minimum Gasteiger partial charge on any atom is -0.484 e. The first-order chi connectivity index (χ1) is 12.5. The van der Waals surface area contributed by atoms with Crippen LogP contribution in [0.1, 0.15) is 22.5 Å². The zero-order valence-electron chi connectivity index (χ0n) is 15.3. The maximum absolute atomic E-state index is 12.0. The molecule has 0 unspecified atom stereocenters. The first-order valence-electron chi connectivity index (χ1n) is 8.59.